The summed E-state index contributed by atoms with van der Waals surface area (Å²) in [6.45, 7) is 7.72. The van der Waals surface area contributed by atoms with Crippen LogP contribution in [-0.2, 0) is 14.2 Å². The number of amides is 1. The van der Waals surface area contributed by atoms with Crippen LogP contribution in [0.4, 0.5) is 4.39 Å². The van der Waals surface area contributed by atoms with E-state index in [9.17, 15) is 14.3 Å². The lowest BCUT2D eigenvalue weighted by Gasteiger charge is -2.36. The van der Waals surface area contributed by atoms with Gasteiger partial charge in [-0.2, -0.15) is 0 Å². The van der Waals surface area contributed by atoms with Crippen LogP contribution in [-0.4, -0.2) is 99.3 Å². The van der Waals surface area contributed by atoms with Gasteiger partial charge in [0.15, 0.2) is 0 Å². The number of morpholine rings is 1. The Morgan fingerprint density at radius 1 is 1.48 bits per heavy atom. The van der Waals surface area contributed by atoms with Gasteiger partial charge in [-0.3, -0.25) is 9.69 Å². The Morgan fingerprint density at radius 3 is 2.93 bits per heavy atom. The molecule has 1 aliphatic rings. The van der Waals surface area contributed by atoms with Gasteiger partial charge in [-0.05, 0) is 24.3 Å². The molecule has 0 radical (unpaired) electrons. The molecule has 0 bridgehead atoms. The van der Waals surface area contributed by atoms with Gasteiger partial charge in [-0.1, -0.05) is 6.08 Å². The van der Waals surface area contributed by atoms with Crippen LogP contribution in [0.15, 0.2) is 36.9 Å². The van der Waals surface area contributed by atoms with Crippen LogP contribution < -0.4 is 0 Å². The number of nitrogens with zero attached hydrogens (tertiary/aromatic N) is 2. The molecule has 162 valence electrons. The van der Waals surface area contributed by atoms with E-state index in [0.717, 1.165) is 0 Å². The highest BCUT2D eigenvalue weighted by atomic mass is 19.1. The molecule has 1 saturated heterocycles. The predicted octanol–water partition coefficient (Wildman–Crippen LogP) is 1.18. The Hall–Kier alpha value is -1.84. The number of hydrogen-bond acceptors (Lipinski definition) is 6. The number of halogens is 1. The van der Waals surface area contributed by atoms with Crippen molar-refractivity contribution >= 4 is 5.91 Å². The summed E-state index contributed by atoms with van der Waals surface area (Å²) in [6.07, 6.45) is 0.856. The predicted molar refractivity (Wildman–Crippen MR) is 107 cm³/mol. The van der Waals surface area contributed by atoms with Gasteiger partial charge in [0.25, 0.3) is 5.91 Å². The zero-order valence-corrected chi connectivity index (χ0v) is 17.0. The molecular weight excluding hydrogens is 379 g/mol. The molecule has 1 aliphatic heterocycles. The third-order valence-corrected chi connectivity index (χ3v) is 4.61. The maximum atomic E-state index is 13.2. The number of carbonyl (C=O) groups excluding carboxylic acids is 1. The Morgan fingerprint density at radius 2 is 2.24 bits per heavy atom. The minimum Gasteiger partial charge on any atom is -0.389 e. The van der Waals surface area contributed by atoms with Crippen molar-refractivity contribution in [3.05, 3.63) is 48.3 Å². The first kappa shape index (κ1) is 23.4. The van der Waals surface area contributed by atoms with Gasteiger partial charge >= 0.3 is 0 Å². The highest BCUT2D eigenvalue weighted by Gasteiger charge is 2.26. The van der Waals surface area contributed by atoms with Gasteiger partial charge in [0.1, 0.15) is 5.82 Å². The molecule has 0 aliphatic carbocycles. The quantitative estimate of drug-likeness (QED) is 0.412. The summed E-state index contributed by atoms with van der Waals surface area (Å²) in [5, 5.41) is 10.1. The van der Waals surface area contributed by atoms with Gasteiger partial charge in [-0.15, -0.1) is 6.58 Å². The van der Waals surface area contributed by atoms with E-state index >= 15 is 0 Å². The first-order chi connectivity index (χ1) is 14.0. The molecule has 29 heavy (non-hydrogen) atoms. The fraction of sp³-hybridized carbons (Fsp3) is 0.571. The molecule has 1 aromatic rings. The molecule has 0 saturated carbocycles. The Bertz CT molecular complexity index is 628. The van der Waals surface area contributed by atoms with Crippen molar-refractivity contribution in [3.8, 4) is 0 Å². The molecule has 1 fully saturated rings. The Kier molecular flexibility index (Phi) is 10.2. The van der Waals surface area contributed by atoms with E-state index in [1.54, 1.807) is 18.1 Å². The molecule has 8 heteroatoms. The van der Waals surface area contributed by atoms with Gasteiger partial charge in [0.2, 0.25) is 0 Å². The van der Waals surface area contributed by atoms with Crippen LogP contribution in [0.1, 0.15) is 10.4 Å². The summed E-state index contributed by atoms with van der Waals surface area (Å²) in [6, 6.07) is 5.50. The number of hydrogen-bond donors (Lipinski definition) is 1. The average Bonchev–Trinajstić information content (AvgIpc) is 2.71. The smallest absolute Gasteiger partial charge is 0.254 e. The standard InChI is InChI=1S/C21H31FN2O5/c1-3-10-28-16-19(25)13-23-8-12-29-20(14-23)15-24(9-11-27-2)21(26)17-4-6-18(22)7-5-17/h3-7,19-20,25H,1,8-16H2,2H3/t19-,20+/m1/s1. The summed E-state index contributed by atoms with van der Waals surface area (Å²) in [4.78, 5) is 16.6. The summed E-state index contributed by atoms with van der Waals surface area (Å²) in [5.74, 6) is -0.576. The molecule has 1 amide bonds. The number of methoxy groups -OCH3 is 1. The van der Waals surface area contributed by atoms with Crippen LogP contribution in [0, 0.1) is 5.82 Å². The number of aliphatic hydroxyl groups excluding tert-OH is 1. The molecule has 2 atom stereocenters. The van der Waals surface area contributed by atoms with E-state index in [-0.39, 0.29) is 24.4 Å². The number of β-amino-alcohol motifs (C(OH)–C–C–N with tert-alkyl or cyclic N) is 1. The van der Waals surface area contributed by atoms with E-state index in [1.165, 1.54) is 24.3 Å². The molecule has 2 rings (SSSR count). The monoisotopic (exact) mass is 410 g/mol. The number of ether oxygens (including phenoxy) is 3. The fourth-order valence-electron chi connectivity index (χ4n) is 3.19. The van der Waals surface area contributed by atoms with Crippen molar-refractivity contribution in [3.63, 3.8) is 0 Å². The normalized spacial score (nSPS) is 18.4. The first-order valence-electron chi connectivity index (χ1n) is 9.78. The third-order valence-electron chi connectivity index (χ3n) is 4.61. The van der Waals surface area contributed by atoms with Crippen molar-refractivity contribution in [2.24, 2.45) is 0 Å². The summed E-state index contributed by atoms with van der Waals surface area (Å²) in [5.41, 5.74) is 0.421. The molecule has 0 spiro atoms. The highest BCUT2D eigenvalue weighted by molar-refractivity contribution is 5.94. The zero-order valence-electron chi connectivity index (χ0n) is 17.0. The second kappa shape index (κ2) is 12.7. The average molecular weight is 410 g/mol. The first-order valence-corrected chi connectivity index (χ1v) is 9.78. The second-order valence-corrected chi connectivity index (χ2v) is 6.98. The van der Waals surface area contributed by atoms with Crippen molar-refractivity contribution in [2.75, 3.05) is 66.3 Å². The van der Waals surface area contributed by atoms with Gasteiger partial charge < -0.3 is 24.2 Å². The highest BCUT2D eigenvalue weighted by Crippen LogP contribution is 2.12. The minimum atomic E-state index is -0.598. The fourth-order valence-corrected chi connectivity index (χ4v) is 3.19. The SMILES string of the molecule is C=CCOC[C@H](O)CN1CCO[C@H](CN(CCOC)C(=O)c2ccc(F)cc2)C1. The van der Waals surface area contributed by atoms with Crippen LogP contribution in [0.2, 0.25) is 0 Å². The topological polar surface area (TPSA) is 71.5 Å². The molecule has 7 nitrogen and oxygen atoms in total. The maximum absolute atomic E-state index is 13.2. The van der Waals surface area contributed by atoms with Crippen molar-refractivity contribution in [2.45, 2.75) is 12.2 Å². The van der Waals surface area contributed by atoms with Gasteiger partial charge in [0.05, 0.1) is 38.6 Å². The summed E-state index contributed by atoms with van der Waals surface area (Å²) < 4.78 is 29.4. The molecule has 1 aromatic carbocycles. The van der Waals surface area contributed by atoms with Crippen molar-refractivity contribution in [1.29, 1.82) is 0 Å². The third kappa shape index (κ3) is 8.20. The van der Waals surface area contributed by atoms with Crippen LogP contribution in [0.3, 0.4) is 0 Å². The Labute approximate surface area is 171 Å². The van der Waals surface area contributed by atoms with E-state index in [0.29, 0.717) is 58.1 Å². The van der Waals surface area contributed by atoms with E-state index in [2.05, 4.69) is 11.5 Å². The van der Waals surface area contributed by atoms with Crippen molar-refractivity contribution < 1.29 is 28.5 Å². The largest absolute Gasteiger partial charge is 0.389 e. The van der Waals surface area contributed by atoms with E-state index < -0.39 is 6.10 Å². The van der Waals surface area contributed by atoms with E-state index in [4.69, 9.17) is 14.2 Å². The molecular formula is C21H31FN2O5. The second-order valence-electron chi connectivity index (χ2n) is 6.98. The Balaban J connectivity index is 1.92. The van der Waals surface area contributed by atoms with Crippen LogP contribution in [0.25, 0.3) is 0 Å². The van der Waals surface area contributed by atoms with Gasteiger partial charge in [0, 0.05) is 45.4 Å². The number of benzene rings is 1. The van der Waals surface area contributed by atoms with Gasteiger partial charge in [-0.25, -0.2) is 4.39 Å². The lowest BCUT2D eigenvalue weighted by atomic mass is 10.1. The van der Waals surface area contributed by atoms with Crippen LogP contribution >= 0.6 is 0 Å². The molecule has 0 unspecified atom stereocenters. The maximum Gasteiger partial charge on any atom is 0.254 e. The minimum absolute atomic E-state index is 0.189. The lowest BCUT2D eigenvalue weighted by molar-refractivity contribution is -0.0585. The van der Waals surface area contributed by atoms with Crippen LogP contribution in [0.5, 0.6) is 0 Å². The molecule has 1 N–H and O–H groups in total. The summed E-state index contributed by atoms with van der Waals surface area (Å²) in [7, 11) is 1.58. The van der Waals surface area contributed by atoms with Crippen molar-refractivity contribution in [1.82, 2.24) is 9.80 Å². The number of carbonyl (C=O) groups is 1. The molecule has 0 aromatic heterocycles. The molecule has 1 heterocycles. The zero-order chi connectivity index (χ0) is 21.1. The summed E-state index contributed by atoms with van der Waals surface area (Å²) >= 11 is 0. The number of rotatable bonds is 12. The van der Waals surface area contributed by atoms with E-state index in [1.807, 2.05) is 0 Å². The lowest BCUT2D eigenvalue weighted by Crippen LogP contribution is -2.51. The number of aliphatic hydroxyl groups is 1.